The van der Waals surface area contributed by atoms with Gasteiger partial charge >= 0.3 is 0 Å². The number of thioether (sulfide) groups is 1. The molecule has 0 atom stereocenters. The molecule has 0 radical (unpaired) electrons. The first-order valence-electron chi connectivity index (χ1n) is 9.23. The third-order valence-electron chi connectivity index (χ3n) is 4.10. The summed E-state index contributed by atoms with van der Waals surface area (Å²) in [7, 11) is 0. The number of hydrogen-bond donors (Lipinski definition) is 1. The quantitative estimate of drug-likeness (QED) is 0.382. The zero-order chi connectivity index (χ0) is 19.6. The molecule has 0 aliphatic rings. The maximum absolute atomic E-state index is 5.94. The Morgan fingerprint density at radius 2 is 1.81 bits per heavy atom. The molecule has 2 rings (SSSR count). The molecule has 0 saturated heterocycles. The Morgan fingerprint density at radius 1 is 1.15 bits per heavy atom. The van der Waals surface area contributed by atoms with Crippen molar-refractivity contribution in [2.75, 3.05) is 6.61 Å². The second kappa shape index (κ2) is 10.8. The van der Waals surface area contributed by atoms with E-state index in [1.165, 1.54) is 17.3 Å². The van der Waals surface area contributed by atoms with Crippen LogP contribution in [0, 0.1) is 19.8 Å². The minimum absolute atomic E-state index is 0.457. The number of nitrogens with two attached hydrogens (primary N) is 1. The highest BCUT2D eigenvalue weighted by molar-refractivity contribution is 8.13. The maximum atomic E-state index is 5.94. The van der Waals surface area contributed by atoms with Crippen molar-refractivity contribution in [3.8, 4) is 5.75 Å². The van der Waals surface area contributed by atoms with E-state index in [1.54, 1.807) is 6.21 Å². The molecule has 144 valence electrons. The Kier molecular flexibility index (Phi) is 8.40. The van der Waals surface area contributed by atoms with Crippen LogP contribution in [-0.2, 0) is 5.75 Å². The van der Waals surface area contributed by atoms with Crippen molar-refractivity contribution >= 4 is 23.1 Å². The van der Waals surface area contributed by atoms with E-state index < -0.39 is 0 Å². The van der Waals surface area contributed by atoms with Gasteiger partial charge in [0.1, 0.15) is 5.75 Å². The number of ether oxygens (including phenoxy) is 1. The average Bonchev–Trinajstić information content (AvgIpc) is 2.63. The highest BCUT2D eigenvalue weighted by Gasteiger charge is 2.05. The van der Waals surface area contributed by atoms with Crippen LogP contribution in [0.4, 0.5) is 0 Å². The van der Waals surface area contributed by atoms with Crippen molar-refractivity contribution in [1.29, 1.82) is 0 Å². The molecule has 0 spiro atoms. The standard InChI is InChI=1S/C22H29N3OS/c1-16(2)10-11-26-20-12-17(3)21(18(4)13-20)14-24-25-22(23)27-15-19-8-6-5-7-9-19/h5-9,12-14,16H,10-11,15H2,1-4H3,(H2,23,25). The van der Waals surface area contributed by atoms with Crippen molar-refractivity contribution < 1.29 is 4.74 Å². The van der Waals surface area contributed by atoms with Gasteiger partial charge in [0.2, 0.25) is 0 Å². The largest absolute Gasteiger partial charge is 0.494 e. The third kappa shape index (κ3) is 7.47. The Labute approximate surface area is 166 Å². The minimum Gasteiger partial charge on any atom is -0.494 e. The first-order chi connectivity index (χ1) is 13.0. The lowest BCUT2D eigenvalue weighted by Crippen LogP contribution is -2.06. The topological polar surface area (TPSA) is 60.0 Å². The fourth-order valence-electron chi connectivity index (χ4n) is 2.54. The van der Waals surface area contributed by atoms with E-state index in [4.69, 9.17) is 10.5 Å². The Balaban J connectivity index is 1.95. The summed E-state index contributed by atoms with van der Waals surface area (Å²) in [6.07, 6.45) is 2.81. The van der Waals surface area contributed by atoms with Crippen LogP contribution in [0.15, 0.2) is 52.7 Å². The van der Waals surface area contributed by atoms with Gasteiger partial charge in [0, 0.05) is 11.3 Å². The van der Waals surface area contributed by atoms with E-state index in [1.807, 2.05) is 30.3 Å². The van der Waals surface area contributed by atoms with Crippen LogP contribution in [0.2, 0.25) is 0 Å². The SMILES string of the molecule is Cc1cc(OCCC(C)C)cc(C)c1C=NN=C(N)SCc1ccccc1. The summed E-state index contributed by atoms with van der Waals surface area (Å²) >= 11 is 1.48. The molecular formula is C22H29N3OS. The number of amidine groups is 1. The summed E-state index contributed by atoms with van der Waals surface area (Å²) in [6.45, 7) is 9.25. The van der Waals surface area contributed by atoms with Gasteiger partial charge < -0.3 is 10.5 Å². The first-order valence-corrected chi connectivity index (χ1v) is 10.2. The van der Waals surface area contributed by atoms with Gasteiger partial charge in [-0.25, -0.2) is 0 Å². The van der Waals surface area contributed by atoms with E-state index in [9.17, 15) is 0 Å². The lowest BCUT2D eigenvalue weighted by molar-refractivity contribution is 0.289. The van der Waals surface area contributed by atoms with Gasteiger partial charge in [0.15, 0.2) is 5.17 Å². The van der Waals surface area contributed by atoms with Gasteiger partial charge in [0.25, 0.3) is 0 Å². The van der Waals surface area contributed by atoms with Gasteiger partial charge in [-0.2, -0.15) is 5.10 Å². The van der Waals surface area contributed by atoms with Gasteiger partial charge in [0.05, 0.1) is 12.8 Å². The Hall–Kier alpha value is -2.27. The zero-order valence-corrected chi connectivity index (χ0v) is 17.4. The lowest BCUT2D eigenvalue weighted by Gasteiger charge is -2.12. The fraction of sp³-hybridized carbons (Fsp3) is 0.364. The zero-order valence-electron chi connectivity index (χ0n) is 16.6. The molecule has 0 heterocycles. The second-order valence-corrected chi connectivity index (χ2v) is 7.95. The van der Waals surface area contributed by atoms with Crippen LogP contribution < -0.4 is 10.5 Å². The summed E-state index contributed by atoms with van der Waals surface area (Å²) in [4.78, 5) is 0. The van der Waals surface area contributed by atoms with Crippen molar-refractivity contribution in [2.45, 2.75) is 39.9 Å². The van der Waals surface area contributed by atoms with E-state index in [2.05, 4.69) is 50.0 Å². The molecule has 2 aromatic carbocycles. The molecule has 0 bridgehead atoms. The summed E-state index contributed by atoms with van der Waals surface area (Å²) in [5.74, 6) is 2.33. The van der Waals surface area contributed by atoms with E-state index in [0.717, 1.165) is 41.2 Å². The molecule has 0 aliphatic heterocycles. The molecule has 5 heteroatoms. The molecule has 4 nitrogen and oxygen atoms in total. The molecule has 0 fully saturated rings. The first kappa shape index (κ1) is 21.0. The van der Waals surface area contributed by atoms with Crippen LogP contribution in [0.5, 0.6) is 5.75 Å². The van der Waals surface area contributed by atoms with E-state index in [-0.39, 0.29) is 0 Å². The maximum Gasteiger partial charge on any atom is 0.180 e. The number of aryl methyl sites for hydroxylation is 2. The van der Waals surface area contributed by atoms with Crippen molar-refractivity contribution in [2.24, 2.45) is 21.9 Å². The van der Waals surface area contributed by atoms with Crippen LogP contribution in [0.25, 0.3) is 0 Å². The second-order valence-electron chi connectivity index (χ2n) is 6.96. The van der Waals surface area contributed by atoms with E-state index >= 15 is 0 Å². The summed E-state index contributed by atoms with van der Waals surface area (Å²) in [5.41, 5.74) is 10.4. The smallest absolute Gasteiger partial charge is 0.180 e. The highest BCUT2D eigenvalue weighted by Crippen LogP contribution is 2.21. The molecular weight excluding hydrogens is 354 g/mol. The molecule has 0 saturated carbocycles. The van der Waals surface area contributed by atoms with Crippen LogP contribution >= 0.6 is 11.8 Å². The van der Waals surface area contributed by atoms with Gasteiger partial charge in [-0.15, -0.1) is 5.10 Å². The number of rotatable bonds is 8. The molecule has 27 heavy (non-hydrogen) atoms. The van der Waals surface area contributed by atoms with Crippen LogP contribution in [0.1, 0.15) is 42.5 Å². The Morgan fingerprint density at radius 3 is 2.44 bits per heavy atom. The average molecular weight is 384 g/mol. The summed E-state index contributed by atoms with van der Waals surface area (Å²) < 4.78 is 5.85. The monoisotopic (exact) mass is 383 g/mol. The number of hydrogen-bond acceptors (Lipinski definition) is 4. The highest BCUT2D eigenvalue weighted by atomic mass is 32.2. The summed E-state index contributed by atoms with van der Waals surface area (Å²) in [6, 6.07) is 14.3. The van der Waals surface area contributed by atoms with Crippen molar-refractivity contribution in [3.05, 3.63) is 64.7 Å². The van der Waals surface area contributed by atoms with Gasteiger partial charge in [-0.1, -0.05) is 55.9 Å². The molecule has 0 aliphatic carbocycles. The van der Waals surface area contributed by atoms with Gasteiger partial charge in [-0.05, 0) is 55.0 Å². The fourth-order valence-corrected chi connectivity index (χ4v) is 3.15. The van der Waals surface area contributed by atoms with Crippen LogP contribution in [-0.4, -0.2) is 18.0 Å². The Bertz CT molecular complexity index is 762. The van der Waals surface area contributed by atoms with Crippen LogP contribution in [0.3, 0.4) is 0 Å². The lowest BCUT2D eigenvalue weighted by atomic mass is 10.0. The summed E-state index contributed by atoms with van der Waals surface area (Å²) in [5, 5.41) is 8.73. The number of nitrogens with zero attached hydrogens (tertiary/aromatic N) is 2. The van der Waals surface area contributed by atoms with E-state index in [0.29, 0.717) is 11.1 Å². The third-order valence-corrected chi connectivity index (χ3v) is 4.96. The number of benzene rings is 2. The van der Waals surface area contributed by atoms with Crippen molar-refractivity contribution in [1.82, 2.24) is 0 Å². The predicted octanol–water partition coefficient (Wildman–Crippen LogP) is 5.31. The molecule has 2 N–H and O–H groups in total. The van der Waals surface area contributed by atoms with Crippen molar-refractivity contribution in [3.63, 3.8) is 0 Å². The van der Waals surface area contributed by atoms with Gasteiger partial charge in [-0.3, -0.25) is 0 Å². The predicted molar refractivity (Wildman–Crippen MR) is 118 cm³/mol. The minimum atomic E-state index is 0.457. The molecule has 0 aromatic heterocycles. The normalized spacial score (nSPS) is 12.1. The molecule has 0 amide bonds. The molecule has 2 aromatic rings. The molecule has 0 unspecified atom stereocenters.